The molecule has 0 amide bonds. The van der Waals surface area contributed by atoms with Gasteiger partial charge in [-0.25, -0.2) is 9.97 Å². The lowest BCUT2D eigenvalue weighted by molar-refractivity contribution is 0.876. The summed E-state index contributed by atoms with van der Waals surface area (Å²) < 4.78 is 0. The molecule has 1 atom stereocenters. The molecule has 0 saturated heterocycles. The van der Waals surface area contributed by atoms with Gasteiger partial charge in [-0.15, -0.1) is 0 Å². The van der Waals surface area contributed by atoms with E-state index in [4.69, 9.17) is 0 Å². The summed E-state index contributed by atoms with van der Waals surface area (Å²) in [7, 11) is 0. The number of hydrogen-bond acceptors (Lipinski definition) is 3. The number of nitrogens with zero attached hydrogens (tertiary/aromatic N) is 2. The van der Waals surface area contributed by atoms with Crippen molar-refractivity contribution < 1.29 is 0 Å². The minimum atomic E-state index is 0.208. The predicted octanol–water partition coefficient (Wildman–Crippen LogP) is 3.80. The molecule has 0 aliphatic rings. The van der Waals surface area contributed by atoms with Crippen molar-refractivity contribution in [1.82, 2.24) is 9.97 Å². The molecule has 2 aromatic carbocycles. The van der Waals surface area contributed by atoms with E-state index in [2.05, 4.69) is 34.3 Å². The molecule has 3 aromatic rings. The fourth-order valence-electron chi connectivity index (χ4n) is 2.15. The zero-order valence-electron chi connectivity index (χ0n) is 10.7. The summed E-state index contributed by atoms with van der Waals surface area (Å²) in [5, 5.41) is 4.50. The number of benzene rings is 2. The van der Waals surface area contributed by atoms with Crippen molar-refractivity contribution in [3.8, 4) is 0 Å². The quantitative estimate of drug-likeness (QED) is 0.767. The number of para-hydroxylation sites is 1. The summed E-state index contributed by atoms with van der Waals surface area (Å²) in [6.07, 6.45) is 1.60. The summed E-state index contributed by atoms with van der Waals surface area (Å²) in [5.74, 6) is 0.877. The molecular weight excluding hydrogens is 234 g/mol. The zero-order valence-corrected chi connectivity index (χ0v) is 10.7. The SMILES string of the molecule is C[C@H](Nc1ncnc2ccccc12)c1ccccc1. The van der Waals surface area contributed by atoms with Crippen molar-refractivity contribution in [2.24, 2.45) is 0 Å². The Hall–Kier alpha value is -2.42. The number of hydrogen-bond donors (Lipinski definition) is 1. The molecule has 3 heteroatoms. The van der Waals surface area contributed by atoms with Crippen LogP contribution < -0.4 is 5.32 Å². The lowest BCUT2D eigenvalue weighted by atomic mass is 10.1. The van der Waals surface area contributed by atoms with Gasteiger partial charge in [0.05, 0.1) is 5.52 Å². The molecule has 0 fully saturated rings. The van der Waals surface area contributed by atoms with Gasteiger partial charge in [0.15, 0.2) is 0 Å². The first-order valence-electron chi connectivity index (χ1n) is 6.36. The van der Waals surface area contributed by atoms with Gasteiger partial charge >= 0.3 is 0 Å². The molecule has 0 unspecified atom stereocenters. The third-order valence-corrected chi connectivity index (χ3v) is 3.20. The van der Waals surface area contributed by atoms with Gasteiger partial charge in [0.25, 0.3) is 0 Å². The second-order valence-electron chi connectivity index (χ2n) is 4.52. The Bertz CT molecular complexity index is 674. The first-order valence-corrected chi connectivity index (χ1v) is 6.36. The number of rotatable bonds is 3. The highest BCUT2D eigenvalue weighted by Gasteiger charge is 2.08. The maximum Gasteiger partial charge on any atom is 0.137 e. The molecule has 3 rings (SSSR count). The Morgan fingerprint density at radius 3 is 2.47 bits per heavy atom. The molecule has 1 heterocycles. The largest absolute Gasteiger partial charge is 0.363 e. The van der Waals surface area contributed by atoms with Crippen molar-refractivity contribution in [2.45, 2.75) is 13.0 Å². The Kier molecular flexibility index (Phi) is 3.11. The number of fused-ring (bicyclic) bond motifs is 1. The molecule has 3 nitrogen and oxygen atoms in total. The molecule has 1 aromatic heterocycles. The van der Waals surface area contributed by atoms with Crippen molar-refractivity contribution in [3.63, 3.8) is 0 Å². The van der Waals surface area contributed by atoms with Crippen LogP contribution in [0.5, 0.6) is 0 Å². The zero-order chi connectivity index (χ0) is 13.1. The highest BCUT2D eigenvalue weighted by atomic mass is 15.0. The molecule has 94 valence electrons. The van der Waals surface area contributed by atoms with Crippen LogP contribution in [0.1, 0.15) is 18.5 Å². The maximum atomic E-state index is 4.35. The average Bonchev–Trinajstić information content (AvgIpc) is 2.48. The van der Waals surface area contributed by atoms with Crippen LogP contribution in [-0.2, 0) is 0 Å². The van der Waals surface area contributed by atoms with Gasteiger partial charge in [-0.3, -0.25) is 0 Å². The van der Waals surface area contributed by atoms with E-state index in [1.165, 1.54) is 5.56 Å². The summed E-state index contributed by atoms with van der Waals surface area (Å²) >= 11 is 0. The van der Waals surface area contributed by atoms with Crippen molar-refractivity contribution in [1.29, 1.82) is 0 Å². The molecule has 1 N–H and O–H groups in total. The summed E-state index contributed by atoms with van der Waals surface area (Å²) in [5.41, 5.74) is 2.20. The van der Waals surface area contributed by atoms with Crippen LogP contribution in [0.2, 0.25) is 0 Å². The fraction of sp³-hybridized carbons (Fsp3) is 0.125. The van der Waals surface area contributed by atoms with E-state index < -0.39 is 0 Å². The average molecular weight is 249 g/mol. The minimum absolute atomic E-state index is 0.208. The standard InChI is InChI=1S/C16H15N3/c1-12(13-7-3-2-4-8-13)19-16-14-9-5-6-10-15(14)17-11-18-16/h2-12H,1H3,(H,17,18,19)/t12-/m0/s1. The van der Waals surface area contributed by atoms with E-state index in [-0.39, 0.29) is 6.04 Å². The Labute approximate surface area is 112 Å². The first-order chi connectivity index (χ1) is 9.34. The van der Waals surface area contributed by atoms with Gasteiger partial charge in [0.1, 0.15) is 12.1 Å². The van der Waals surface area contributed by atoms with Crippen LogP contribution in [-0.4, -0.2) is 9.97 Å². The number of nitrogens with one attached hydrogen (secondary N) is 1. The van der Waals surface area contributed by atoms with Crippen molar-refractivity contribution in [3.05, 3.63) is 66.5 Å². The van der Waals surface area contributed by atoms with Crippen LogP contribution in [0.15, 0.2) is 60.9 Å². The fourth-order valence-corrected chi connectivity index (χ4v) is 2.15. The maximum absolute atomic E-state index is 4.35. The topological polar surface area (TPSA) is 37.8 Å². The molecule has 0 saturated carbocycles. The Balaban J connectivity index is 1.94. The third kappa shape index (κ3) is 2.40. The number of aromatic nitrogens is 2. The van der Waals surface area contributed by atoms with Gasteiger partial charge < -0.3 is 5.32 Å². The van der Waals surface area contributed by atoms with Crippen LogP contribution in [0.25, 0.3) is 10.9 Å². The van der Waals surface area contributed by atoms with Crippen LogP contribution in [0.4, 0.5) is 5.82 Å². The molecular formula is C16H15N3. The van der Waals surface area contributed by atoms with Gasteiger partial charge in [-0.05, 0) is 24.6 Å². The molecule has 0 radical (unpaired) electrons. The second kappa shape index (κ2) is 5.06. The molecule has 0 aliphatic heterocycles. The van der Waals surface area contributed by atoms with Crippen molar-refractivity contribution >= 4 is 16.7 Å². The van der Waals surface area contributed by atoms with E-state index in [9.17, 15) is 0 Å². The van der Waals surface area contributed by atoms with E-state index in [0.717, 1.165) is 16.7 Å². The van der Waals surface area contributed by atoms with E-state index in [1.54, 1.807) is 6.33 Å². The summed E-state index contributed by atoms with van der Waals surface area (Å²) in [6.45, 7) is 2.13. The van der Waals surface area contributed by atoms with Gasteiger partial charge in [0.2, 0.25) is 0 Å². The monoisotopic (exact) mass is 249 g/mol. The predicted molar refractivity (Wildman–Crippen MR) is 78.0 cm³/mol. The normalized spacial score (nSPS) is 12.3. The third-order valence-electron chi connectivity index (χ3n) is 3.20. The smallest absolute Gasteiger partial charge is 0.137 e. The minimum Gasteiger partial charge on any atom is -0.363 e. The van der Waals surface area contributed by atoms with Crippen molar-refractivity contribution in [2.75, 3.05) is 5.32 Å². The molecule has 19 heavy (non-hydrogen) atoms. The highest BCUT2D eigenvalue weighted by molar-refractivity contribution is 5.88. The lowest BCUT2D eigenvalue weighted by Crippen LogP contribution is -2.08. The van der Waals surface area contributed by atoms with Crippen LogP contribution in [0.3, 0.4) is 0 Å². The highest BCUT2D eigenvalue weighted by Crippen LogP contribution is 2.23. The molecule has 0 bridgehead atoms. The van der Waals surface area contributed by atoms with Gasteiger partial charge in [0, 0.05) is 11.4 Å². The number of anilines is 1. The Morgan fingerprint density at radius 1 is 0.895 bits per heavy atom. The van der Waals surface area contributed by atoms with E-state index in [1.807, 2.05) is 42.5 Å². The van der Waals surface area contributed by atoms with Crippen LogP contribution in [0, 0.1) is 0 Å². The van der Waals surface area contributed by atoms with E-state index in [0.29, 0.717) is 0 Å². The van der Waals surface area contributed by atoms with E-state index >= 15 is 0 Å². The summed E-state index contributed by atoms with van der Waals surface area (Å²) in [6, 6.07) is 18.6. The van der Waals surface area contributed by atoms with Crippen LogP contribution >= 0.6 is 0 Å². The van der Waals surface area contributed by atoms with Gasteiger partial charge in [-0.1, -0.05) is 42.5 Å². The first kappa shape index (κ1) is 11.7. The lowest BCUT2D eigenvalue weighted by Gasteiger charge is -2.16. The Morgan fingerprint density at radius 2 is 1.63 bits per heavy atom. The molecule has 0 spiro atoms. The second-order valence-corrected chi connectivity index (χ2v) is 4.52. The van der Waals surface area contributed by atoms with Gasteiger partial charge in [-0.2, -0.15) is 0 Å². The molecule has 0 aliphatic carbocycles. The summed E-state index contributed by atoms with van der Waals surface area (Å²) in [4.78, 5) is 8.62.